The number of hydrogen-bond donors (Lipinski definition) is 1. The molecule has 26 heavy (non-hydrogen) atoms. The lowest BCUT2D eigenvalue weighted by molar-refractivity contribution is 0.0924. The summed E-state index contributed by atoms with van der Waals surface area (Å²) in [6, 6.07) is 13.7. The Balaban J connectivity index is 1.74. The van der Waals surface area contributed by atoms with Gasteiger partial charge in [-0.2, -0.15) is 0 Å². The van der Waals surface area contributed by atoms with E-state index in [4.69, 9.17) is 4.74 Å². The van der Waals surface area contributed by atoms with Crippen LogP contribution in [0, 0.1) is 5.82 Å². The van der Waals surface area contributed by atoms with Crippen molar-refractivity contribution in [2.75, 3.05) is 26.7 Å². The van der Waals surface area contributed by atoms with Crippen molar-refractivity contribution in [3.63, 3.8) is 0 Å². The van der Waals surface area contributed by atoms with Crippen molar-refractivity contribution in [2.24, 2.45) is 0 Å². The van der Waals surface area contributed by atoms with Crippen LogP contribution in [0.5, 0.6) is 5.75 Å². The molecule has 1 aliphatic rings. The maximum atomic E-state index is 13.0. The van der Waals surface area contributed by atoms with Gasteiger partial charge in [0.25, 0.3) is 5.91 Å². The van der Waals surface area contributed by atoms with E-state index in [9.17, 15) is 9.18 Å². The zero-order valence-electron chi connectivity index (χ0n) is 15.1. The molecule has 2 aromatic rings. The van der Waals surface area contributed by atoms with Gasteiger partial charge in [-0.3, -0.25) is 9.69 Å². The standard InChI is InChI=1S/C21H25FN2O2/c1-26-19-7-5-6-17(14-19)20(24-12-3-2-4-13-24)15-23-21(25)16-8-10-18(22)11-9-16/h5-11,14,20H,2-4,12-13,15H2,1H3,(H,23,25). The maximum absolute atomic E-state index is 13.0. The fraction of sp³-hybridized carbons (Fsp3) is 0.381. The van der Waals surface area contributed by atoms with Gasteiger partial charge in [-0.25, -0.2) is 4.39 Å². The SMILES string of the molecule is COc1cccc(C(CNC(=O)c2ccc(F)cc2)N2CCCCC2)c1. The highest BCUT2D eigenvalue weighted by molar-refractivity contribution is 5.94. The number of hydrogen-bond acceptors (Lipinski definition) is 3. The summed E-state index contributed by atoms with van der Waals surface area (Å²) >= 11 is 0. The molecule has 1 fully saturated rings. The largest absolute Gasteiger partial charge is 0.497 e. The van der Waals surface area contributed by atoms with E-state index in [1.54, 1.807) is 7.11 Å². The van der Waals surface area contributed by atoms with Gasteiger partial charge in [0.2, 0.25) is 0 Å². The van der Waals surface area contributed by atoms with Crippen molar-refractivity contribution in [1.29, 1.82) is 0 Å². The minimum absolute atomic E-state index is 0.0924. The molecular formula is C21H25FN2O2. The fourth-order valence-corrected chi connectivity index (χ4v) is 3.43. The van der Waals surface area contributed by atoms with Crippen molar-refractivity contribution in [1.82, 2.24) is 10.2 Å². The number of piperidine rings is 1. The first-order valence-corrected chi connectivity index (χ1v) is 9.09. The number of nitrogens with zero attached hydrogens (tertiary/aromatic N) is 1. The highest BCUT2D eigenvalue weighted by atomic mass is 19.1. The number of amides is 1. The summed E-state index contributed by atoms with van der Waals surface area (Å²) in [5, 5.41) is 3.01. The van der Waals surface area contributed by atoms with E-state index < -0.39 is 0 Å². The number of rotatable bonds is 6. The van der Waals surface area contributed by atoms with E-state index >= 15 is 0 Å². The van der Waals surface area contributed by atoms with E-state index in [-0.39, 0.29) is 17.8 Å². The van der Waals surface area contributed by atoms with Crippen LogP contribution < -0.4 is 10.1 Å². The summed E-state index contributed by atoms with van der Waals surface area (Å²) in [5.74, 6) is 0.286. The lowest BCUT2D eigenvalue weighted by Gasteiger charge is -2.35. The van der Waals surface area contributed by atoms with Crippen LogP contribution in [0.25, 0.3) is 0 Å². The molecule has 5 heteroatoms. The molecular weight excluding hydrogens is 331 g/mol. The lowest BCUT2D eigenvalue weighted by atomic mass is 10.0. The Hall–Kier alpha value is -2.40. The Morgan fingerprint density at radius 1 is 1.15 bits per heavy atom. The smallest absolute Gasteiger partial charge is 0.251 e. The van der Waals surface area contributed by atoms with Gasteiger partial charge in [0.15, 0.2) is 0 Å². The number of nitrogens with one attached hydrogen (secondary N) is 1. The third-order valence-corrected chi connectivity index (χ3v) is 4.87. The average molecular weight is 356 g/mol. The van der Waals surface area contributed by atoms with Crippen LogP contribution >= 0.6 is 0 Å². The Kier molecular flexibility index (Phi) is 6.23. The summed E-state index contributed by atoms with van der Waals surface area (Å²) in [4.78, 5) is 14.8. The first-order valence-electron chi connectivity index (χ1n) is 9.09. The number of ether oxygens (including phenoxy) is 1. The van der Waals surface area contributed by atoms with Crippen molar-refractivity contribution < 1.29 is 13.9 Å². The quantitative estimate of drug-likeness (QED) is 0.856. The molecule has 0 aliphatic carbocycles. The molecule has 1 heterocycles. The van der Waals surface area contributed by atoms with E-state index in [0.717, 1.165) is 24.4 Å². The normalized spacial score (nSPS) is 16.1. The first-order chi connectivity index (χ1) is 12.7. The summed E-state index contributed by atoms with van der Waals surface area (Å²) in [7, 11) is 1.66. The Bertz CT molecular complexity index is 727. The summed E-state index contributed by atoms with van der Waals surface area (Å²) in [6.45, 7) is 2.55. The van der Waals surface area contributed by atoms with Crippen LogP contribution in [-0.2, 0) is 0 Å². The number of benzene rings is 2. The predicted octanol–water partition coefficient (Wildman–Crippen LogP) is 3.79. The average Bonchev–Trinajstić information content (AvgIpc) is 2.69. The van der Waals surface area contributed by atoms with E-state index in [1.807, 2.05) is 18.2 Å². The summed E-state index contributed by atoms with van der Waals surface area (Å²) < 4.78 is 18.4. The number of methoxy groups -OCH3 is 1. The van der Waals surface area contributed by atoms with Gasteiger partial charge < -0.3 is 10.1 Å². The predicted molar refractivity (Wildman–Crippen MR) is 99.9 cm³/mol. The molecule has 2 aromatic carbocycles. The van der Waals surface area contributed by atoms with Gasteiger partial charge in [0.1, 0.15) is 11.6 Å². The molecule has 1 N–H and O–H groups in total. The Morgan fingerprint density at radius 3 is 2.58 bits per heavy atom. The number of carbonyl (C=O) groups excluding carboxylic acids is 1. The van der Waals surface area contributed by atoms with Crippen LogP contribution in [0.4, 0.5) is 4.39 Å². The third kappa shape index (κ3) is 4.61. The molecule has 0 aromatic heterocycles. The molecule has 0 saturated carbocycles. The van der Waals surface area contributed by atoms with Crippen LogP contribution in [-0.4, -0.2) is 37.6 Å². The van der Waals surface area contributed by atoms with E-state index in [1.165, 1.54) is 43.5 Å². The van der Waals surface area contributed by atoms with Crippen molar-refractivity contribution in [3.05, 3.63) is 65.5 Å². The minimum atomic E-state index is -0.343. The highest BCUT2D eigenvalue weighted by Gasteiger charge is 2.23. The number of halogens is 1. The van der Waals surface area contributed by atoms with E-state index in [0.29, 0.717) is 12.1 Å². The van der Waals surface area contributed by atoms with Crippen molar-refractivity contribution >= 4 is 5.91 Å². The molecule has 4 nitrogen and oxygen atoms in total. The van der Waals surface area contributed by atoms with Gasteiger partial charge in [-0.05, 0) is 67.9 Å². The monoisotopic (exact) mass is 356 g/mol. The second-order valence-electron chi connectivity index (χ2n) is 6.61. The maximum Gasteiger partial charge on any atom is 0.251 e. The second kappa shape index (κ2) is 8.81. The molecule has 0 bridgehead atoms. The van der Waals surface area contributed by atoms with Crippen LogP contribution in [0.15, 0.2) is 48.5 Å². The zero-order chi connectivity index (χ0) is 18.4. The van der Waals surface area contributed by atoms with Gasteiger partial charge in [0, 0.05) is 12.1 Å². The van der Waals surface area contributed by atoms with Crippen LogP contribution in [0.2, 0.25) is 0 Å². The zero-order valence-corrected chi connectivity index (χ0v) is 15.1. The Morgan fingerprint density at radius 2 is 1.88 bits per heavy atom. The first kappa shape index (κ1) is 18.4. The fourth-order valence-electron chi connectivity index (χ4n) is 3.43. The molecule has 3 rings (SSSR count). The third-order valence-electron chi connectivity index (χ3n) is 4.87. The minimum Gasteiger partial charge on any atom is -0.497 e. The highest BCUT2D eigenvalue weighted by Crippen LogP contribution is 2.26. The van der Waals surface area contributed by atoms with E-state index in [2.05, 4.69) is 16.3 Å². The van der Waals surface area contributed by atoms with Gasteiger partial charge >= 0.3 is 0 Å². The molecule has 1 aliphatic heterocycles. The lowest BCUT2D eigenvalue weighted by Crippen LogP contribution is -2.40. The topological polar surface area (TPSA) is 41.6 Å². The molecule has 1 atom stereocenters. The second-order valence-corrected chi connectivity index (χ2v) is 6.61. The van der Waals surface area contributed by atoms with Gasteiger partial charge in [0.05, 0.1) is 13.2 Å². The van der Waals surface area contributed by atoms with Crippen molar-refractivity contribution in [3.8, 4) is 5.75 Å². The summed E-state index contributed by atoms with van der Waals surface area (Å²) in [5.41, 5.74) is 1.60. The van der Waals surface area contributed by atoms with Gasteiger partial charge in [-0.15, -0.1) is 0 Å². The molecule has 0 spiro atoms. The Labute approximate surface area is 154 Å². The van der Waals surface area contributed by atoms with Gasteiger partial charge in [-0.1, -0.05) is 18.6 Å². The van der Waals surface area contributed by atoms with Crippen LogP contribution in [0.1, 0.15) is 41.2 Å². The molecule has 1 amide bonds. The molecule has 138 valence electrons. The van der Waals surface area contributed by atoms with Crippen molar-refractivity contribution in [2.45, 2.75) is 25.3 Å². The molecule has 1 saturated heterocycles. The number of carbonyl (C=O) groups is 1. The van der Waals surface area contributed by atoms with Crippen LogP contribution in [0.3, 0.4) is 0 Å². The number of likely N-dealkylation sites (tertiary alicyclic amines) is 1. The summed E-state index contributed by atoms with van der Waals surface area (Å²) in [6.07, 6.45) is 3.60. The molecule has 0 radical (unpaired) electrons. The molecule has 1 unspecified atom stereocenters.